The van der Waals surface area contributed by atoms with Crippen LogP contribution < -0.4 is 10.9 Å². The molecule has 6 nitrogen and oxygen atoms in total. The molecule has 0 aliphatic carbocycles. The third kappa shape index (κ3) is 4.17. The summed E-state index contributed by atoms with van der Waals surface area (Å²) in [6, 6.07) is 1.45. The van der Waals surface area contributed by atoms with Crippen LogP contribution in [0.5, 0.6) is 0 Å². The predicted molar refractivity (Wildman–Crippen MR) is 69.9 cm³/mol. The minimum Gasteiger partial charge on any atom is -0.381 e. The molecule has 2 rings (SSSR count). The average molecular weight is 265 g/mol. The van der Waals surface area contributed by atoms with E-state index in [0.717, 1.165) is 12.8 Å². The first-order chi connectivity index (χ1) is 9.15. The number of H-pyrrole nitrogens is 1. The Bertz CT molecular complexity index is 492. The summed E-state index contributed by atoms with van der Waals surface area (Å²) in [5.74, 6) is 0.730. The lowest BCUT2D eigenvalue weighted by molar-refractivity contribution is -0.127. The number of nitrogens with one attached hydrogen (secondary N) is 2. The molecule has 2 N–H and O–H groups in total. The van der Waals surface area contributed by atoms with Crippen LogP contribution >= 0.6 is 0 Å². The Kier molecular flexibility index (Phi) is 4.68. The van der Waals surface area contributed by atoms with Gasteiger partial charge < -0.3 is 15.0 Å². The van der Waals surface area contributed by atoms with Crippen molar-refractivity contribution in [2.45, 2.75) is 26.2 Å². The number of hydrogen-bond donors (Lipinski definition) is 2. The molecule has 0 aromatic carbocycles. The third-order valence-electron chi connectivity index (χ3n) is 3.17. The van der Waals surface area contributed by atoms with Crippen LogP contribution in [0.2, 0.25) is 0 Å². The van der Waals surface area contributed by atoms with Crippen molar-refractivity contribution in [2.24, 2.45) is 5.92 Å². The summed E-state index contributed by atoms with van der Waals surface area (Å²) in [6.45, 7) is 3.58. The van der Waals surface area contributed by atoms with Gasteiger partial charge in [0.05, 0.1) is 0 Å². The summed E-state index contributed by atoms with van der Waals surface area (Å²) in [5.41, 5.74) is 0.535. The van der Waals surface area contributed by atoms with Gasteiger partial charge in [0.2, 0.25) is 5.91 Å². The number of aromatic amines is 1. The molecule has 0 spiro atoms. The second-order valence-electron chi connectivity index (χ2n) is 4.76. The van der Waals surface area contributed by atoms with Gasteiger partial charge in [-0.05, 0) is 19.8 Å². The van der Waals surface area contributed by atoms with Gasteiger partial charge >= 0.3 is 0 Å². The first-order valence-electron chi connectivity index (χ1n) is 6.57. The van der Waals surface area contributed by atoms with Crippen molar-refractivity contribution in [3.8, 4) is 0 Å². The number of nitrogens with zero attached hydrogens (tertiary/aromatic N) is 1. The van der Waals surface area contributed by atoms with Crippen LogP contribution in [0, 0.1) is 12.8 Å². The van der Waals surface area contributed by atoms with Crippen LogP contribution in [0.25, 0.3) is 0 Å². The van der Waals surface area contributed by atoms with Crippen molar-refractivity contribution in [1.82, 2.24) is 15.3 Å². The number of rotatable bonds is 4. The molecule has 1 amide bonds. The smallest absolute Gasteiger partial charge is 0.251 e. The van der Waals surface area contributed by atoms with E-state index >= 15 is 0 Å². The molecular formula is C13H19N3O3. The Morgan fingerprint density at radius 2 is 2.26 bits per heavy atom. The lowest BCUT2D eigenvalue weighted by atomic mass is 9.99. The monoisotopic (exact) mass is 265 g/mol. The fourth-order valence-corrected chi connectivity index (χ4v) is 2.17. The fraction of sp³-hybridized carbons (Fsp3) is 0.615. The minimum absolute atomic E-state index is 0.0540. The molecule has 19 heavy (non-hydrogen) atoms. The van der Waals surface area contributed by atoms with E-state index in [-0.39, 0.29) is 17.4 Å². The lowest BCUT2D eigenvalue weighted by Crippen LogP contribution is -2.35. The van der Waals surface area contributed by atoms with Gasteiger partial charge in [0.1, 0.15) is 5.82 Å². The summed E-state index contributed by atoms with van der Waals surface area (Å²) in [6.07, 6.45) is 2.10. The second-order valence-corrected chi connectivity index (χ2v) is 4.76. The molecule has 1 aliphatic heterocycles. The zero-order chi connectivity index (χ0) is 13.7. The van der Waals surface area contributed by atoms with Crippen LogP contribution in [-0.4, -0.2) is 35.6 Å². The van der Waals surface area contributed by atoms with Crippen molar-refractivity contribution in [3.63, 3.8) is 0 Å². The van der Waals surface area contributed by atoms with Gasteiger partial charge in [0, 0.05) is 43.9 Å². The van der Waals surface area contributed by atoms with Crippen LogP contribution in [0.3, 0.4) is 0 Å². The number of carbonyl (C=O) groups excluding carboxylic acids is 1. The molecular weight excluding hydrogens is 246 g/mol. The highest BCUT2D eigenvalue weighted by atomic mass is 16.5. The molecule has 0 saturated carbocycles. The van der Waals surface area contributed by atoms with Crippen molar-refractivity contribution >= 4 is 5.91 Å². The SMILES string of the molecule is Cc1cc(=O)[nH]c(CCNC(=O)C2CCOCC2)n1. The van der Waals surface area contributed by atoms with Crippen LogP contribution in [0.1, 0.15) is 24.4 Å². The molecule has 6 heteroatoms. The number of ether oxygens (including phenoxy) is 1. The van der Waals surface area contributed by atoms with E-state index in [1.807, 2.05) is 0 Å². The molecule has 1 aliphatic rings. The van der Waals surface area contributed by atoms with Gasteiger partial charge in [-0.15, -0.1) is 0 Å². The second kappa shape index (κ2) is 6.47. The van der Waals surface area contributed by atoms with E-state index in [2.05, 4.69) is 15.3 Å². The summed E-state index contributed by atoms with van der Waals surface area (Å²) in [5, 5.41) is 2.88. The van der Waals surface area contributed by atoms with E-state index in [1.165, 1.54) is 6.07 Å². The lowest BCUT2D eigenvalue weighted by Gasteiger charge is -2.21. The summed E-state index contributed by atoms with van der Waals surface area (Å²) in [7, 11) is 0. The largest absolute Gasteiger partial charge is 0.381 e. The molecule has 0 radical (unpaired) electrons. The van der Waals surface area contributed by atoms with E-state index in [9.17, 15) is 9.59 Å². The van der Waals surface area contributed by atoms with Crippen molar-refractivity contribution < 1.29 is 9.53 Å². The first-order valence-corrected chi connectivity index (χ1v) is 6.57. The minimum atomic E-state index is -0.154. The highest BCUT2D eigenvalue weighted by Crippen LogP contribution is 2.14. The average Bonchev–Trinajstić information content (AvgIpc) is 2.38. The Labute approximate surface area is 111 Å². The maximum Gasteiger partial charge on any atom is 0.251 e. The molecule has 104 valence electrons. The van der Waals surface area contributed by atoms with Crippen LogP contribution in [0.15, 0.2) is 10.9 Å². The molecule has 1 aromatic rings. The standard InChI is InChI=1S/C13H19N3O3/c1-9-8-12(17)16-11(15-9)2-5-14-13(18)10-3-6-19-7-4-10/h8,10H,2-7H2,1H3,(H,14,18)(H,15,16,17). The van der Waals surface area contributed by atoms with E-state index in [0.29, 0.717) is 37.7 Å². The van der Waals surface area contributed by atoms with Gasteiger partial charge in [0.25, 0.3) is 5.56 Å². The zero-order valence-corrected chi connectivity index (χ0v) is 11.1. The third-order valence-corrected chi connectivity index (χ3v) is 3.17. The van der Waals surface area contributed by atoms with E-state index < -0.39 is 0 Å². The number of amides is 1. The van der Waals surface area contributed by atoms with Crippen molar-refractivity contribution in [1.29, 1.82) is 0 Å². The van der Waals surface area contributed by atoms with Crippen LogP contribution in [-0.2, 0) is 16.0 Å². The number of carbonyl (C=O) groups is 1. The molecule has 1 fully saturated rings. The van der Waals surface area contributed by atoms with Gasteiger partial charge in [-0.3, -0.25) is 9.59 Å². The Hall–Kier alpha value is -1.69. The maximum absolute atomic E-state index is 11.9. The fourth-order valence-electron chi connectivity index (χ4n) is 2.17. The van der Waals surface area contributed by atoms with Crippen molar-refractivity contribution in [2.75, 3.05) is 19.8 Å². The summed E-state index contributed by atoms with van der Waals surface area (Å²) in [4.78, 5) is 30.0. The highest BCUT2D eigenvalue weighted by molar-refractivity contribution is 5.78. The maximum atomic E-state index is 11.9. The first kappa shape index (κ1) is 13.7. The summed E-state index contributed by atoms with van der Waals surface area (Å²) < 4.78 is 5.22. The Morgan fingerprint density at radius 1 is 1.53 bits per heavy atom. The van der Waals surface area contributed by atoms with Crippen molar-refractivity contribution in [3.05, 3.63) is 27.9 Å². The molecule has 2 heterocycles. The van der Waals surface area contributed by atoms with E-state index in [4.69, 9.17) is 4.74 Å². The molecule has 0 atom stereocenters. The van der Waals surface area contributed by atoms with Gasteiger partial charge in [-0.25, -0.2) is 4.98 Å². The highest BCUT2D eigenvalue weighted by Gasteiger charge is 2.20. The van der Waals surface area contributed by atoms with Gasteiger partial charge in [-0.2, -0.15) is 0 Å². The summed E-state index contributed by atoms with van der Waals surface area (Å²) >= 11 is 0. The molecule has 1 aromatic heterocycles. The molecule has 0 unspecified atom stereocenters. The van der Waals surface area contributed by atoms with Gasteiger partial charge in [-0.1, -0.05) is 0 Å². The van der Waals surface area contributed by atoms with Crippen LogP contribution in [0.4, 0.5) is 0 Å². The molecule has 1 saturated heterocycles. The normalized spacial score (nSPS) is 16.3. The number of aromatic nitrogens is 2. The van der Waals surface area contributed by atoms with E-state index in [1.54, 1.807) is 6.92 Å². The quantitative estimate of drug-likeness (QED) is 0.812. The Balaban J connectivity index is 1.79. The number of hydrogen-bond acceptors (Lipinski definition) is 4. The molecule has 0 bridgehead atoms. The predicted octanol–water partition coefficient (Wildman–Crippen LogP) is 0.164. The zero-order valence-electron chi connectivity index (χ0n) is 11.1. The van der Waals surface area contributed by atoms with Gasteiger partial charge in [0.15, 0.2) is 0 Å². The number of aryl methyl sites for hydroxylation is 1. The Morgan fingerprint density at radius 3 is 2.95 bits per heavy atom. The topological polar surface area (TPSA) is 84.1 Å².